The van der Waals surface area contributed by atoms with E-state index in [0.29, 0.717) is 23.9 Å². The Bertz CT molecular complexity index is 1820. The topological polar surface area (TPSA) is 182 Å². The third-order valence-electron chi connectivity index (χ3n) is 13.0. The molecule has 6 heterocycles. The summed E-state index contributed by atoms with van der Waals surface area (Å²) in [5.41, 5.74) is 5.48. The fraction of sp³-hybridized carbons (Fsp3) is 0.650. The minimum Gasteiger partial charge on any atom is -0.550 e. The van der Waals surface area contributed by atoms with E-state index in [1.165, 1.54) is 47.6 Å². The molecule has 2 aromatic rings. The zero-order chi connectivity index (χ0) is 40.4. The van der Waals surface area contributed by atoms with Crippen LogP contribution in [0.1, 0.15) is 85.7 Å². The van der Waals surface area contributed by atoms with Crippen LogP contribution in [0.15, 0.2) is 36.4 Å². The minimum atomic E-state index is -3.04. The first-order valence-corrected chi connectivity index (χ1v) is 23.7. The van der Waals surface area contributed by atoms with Crippen molar-refractivity contribution in [1.29, 1.82) is 0 Å². The number of piperidine rings is 4. The smallest absolute Gasteiger partial charge is 0.292 e. The molecule has 16 heteroatoms. The number of carbonyl (C=O) groups excluding carboxylic acids is 2. The van der Waals surface area contributed by atoms with Gasteiger partial charge in [0, 0.05) is 74.9 Å². The molecule has 2 N–H and O–H groups in total. The number of fused-ring (bicyclic) bond motifs is 8. The summed E-state index contributed by atoms with van der Waals surface area (Å²) in [4.78, 5) is 24.2. The molecule has 0 spiro atoms. The number of nitrogens with zero attached hydrogens (tertiary/aromatic N) is 2. The maximum Gasteiger partial charge on any atom is 0.292 e. The van der Waals surface area contributed by atoms with Crippen molar-refractivity contribution in [3.63, 3.8) is 0 Å². The van der Waals surface area contributed by atoms with E-state index in [9.17, 15) is 36.6 Å². The number of carboxylic acid groups (broad SMARTS) is 2. The number of ether oxygens (including phenoxy) is 2. The van der Waals surface area contributed by atoms with Gasteiger partial charge >= 0.3 is 0 Å². The molecule has 0 bridgehead atoms. The maximum atomic E-state index is 12.3. The number of hydrogen-bond donors (Lipinski definition) is 2. The molecule has 4 fully saturated rings. The molecule has 0 saturated carbocycles. The Morgan fingerprint density at radius 3 is 1.43 bits per heavy atom. The molecule has 0 radical (unpaired) electrons. The van der Waals surface area contributed by atoms with Crippen LogP contribution in [-0.2, 0) is 42.5 Å². The van der Waals surface area contributed by atoms with Crippen LogP contribution >= 0.6 is 0 Å². The number of nitrogens with one attached hydrogen (secondary N) is 2. The molecule has 310 valence electrons. The van der Waals surface area contributed by atoms with Gasteiger partial charge in [-0.3, -0.25) is 9.80 Å². The summed E-state index contributed by atoms with van der Waals surface area (Å²) in [6, 6.07) is 14.0. The lowest BCUT2D eigenvalue weighted by Gasteiger charge is -2.49. The van der Waals surface area contributed by atoms with Crippen LogP contribution in [-0.4, -0.2) is 117 Å². The van der Waals surface area contributed by atoms with Crippen molar-refractivity contribution in [3.05, 3.63) is 58.7 Å². The number of benzene rings is 2. The Labute approximate surface area is 331 Å². The summed E-state index contributed by atoms with van der Waals surface area (Å²) in [5, 5.41) is 19.0. The van der Waals surface area contributed by atoms with Gasteiger partial charge in [-0.2, -0.15) is 16.8 Å². The third-order valence-corrected chi connectivity index (χ3v) is 15.9. The second kappa shape index (κ2) is 17.7. The second-order valence-electron chi connectivity index (χ2n) is 16.4. The highest BCUT2D eigenvalue weighted by Gasteiger charge is 2.49. The second-order valence-corrected chi connectivity index (χ2v) is 20.5. The van der Waals surface area contributed by atoms with Crippen LogP contribution in [0.2, 0.25) is 0 Å². The van der Waals surface area contributed by atoms with Crippen molar-refractivity contribution in [2.45, 2.75) is 88.4 Å². The Balaban J connectivity index is 0.000000160. The van der Waals surface area contributed by atoms with E-state index in [4.69, 9.17) is 9.47 Å². The molecular formula is C40H58N4O10S2. The van der Waals surface area contributed by atoms with Gasteiger partial charge in [0.15, 0.2) is 0 Å². The molecule has 14 nitrogen and oxygen atoms in total. The fourth-order valence-electron chi connectivity index (χ4n) is 10.4. The highest BCUT2D eigenvalue weighted by atomic mass is 32.2. The number of hydrogen-bond acceptors (Lipinski definition) is 12. The van der Waals surface area contributed by atoms with Gasteiger partial charge in [-0.25, -0.2) is 8.61 Å². The van der Waals surface area contributed by atoms with Crippen molar-refractivity contribution >= 4 is 32.0 Å². The molecular weight excluding hydrogens is 761 g/mol. The van der Waals surface area contributed by atoms with Crippen molar-refractivity contribution in [1.82, 2.24) is 9.80 Å². The molecule has 0 aromatic heterocycles. The van der Waals surface area contributed by atoms with E-state index >= 15 is 0 Å². The molecule has 2 aromatic carbocycles. The average molecular weight is 819 g/mol. The Morgan fingerprint density at radius 2 is 1.09 bits per heavy atom. The van der Waals surface area contributed by atoms with Crippen LogP contribution in [0.3, 0.4) is 0 Å². The number of quaternary nitrogens is 2. The number of aliphatic carboxylic acids is 2. The summed E-state index contributed by atoms with van der Waals surface area (Å²) in [6.07, 6.45) is 10.3. The standard InChI is InChI=1S/2C18H26N2O3S.C4H6O4/c2*1-23-15-5-6-16-13(10-15)7-9-19-12-14-4-3-8-20(24(2,21)22)17(14)11-18(16)19;5-3(6)1-2-4(7)8/h2*5-6,10,14,17-18H,3-4,7-9,11-12H2,1-2H3;1-2H2,(H,5,6)(H,7,8)/t2*14-,17+,18+;/m11./s1. The molecule has 4 saturated heterocycles. The summed E-state index contributed by atoms with van der Waals surface area (Å²) in [5.74, 6) is 0.122. The van der Waals surface area contributed by atoms with Crippen LogP contribution in [0.25, 0.3) is 0 Å². The lowest BCUT2D eigenvalue weighted by Crippen LogP contribution is -3.19. The van der Waals surface area contributed by atoms with E-state index in [1.807, 2.05) is 12.1 Å². The van der Waals surface area contributed by atoms with E-state index in [1.54, 1.807) is 14.2 Å². The monoisotopic (exact) mass is 818 g/mol. The first-order chi connectivity index (χ1) is 26.6. The predicted molar refractivity (Wildman–Crippen MR) is 205 cm³/mol. The van der Waals surface area contributed by atoms with Crippen molar-refractivity contribution in [2.24, 2.45) is 11.8 Å². The molecule has 8 rings (SSSR count). The lowest BCUT2D eigenvalue weighted by atomic mass is 9.77. The normalized spacial score (nSPS) is 29.7. The zero-order valence-corrected chi connectivity index (χ0v) is 34.7. The van der Waals surface area contributed by atoms with Gasteiger partial charge in [0.1, 0.15) is 23.6 Å². The van der Waals surface area contributed by atoms with Crippen molar-refractivity contribution in [2.75, 3.05) is 66.0 Å². The molecule has 6 aliphatic rings. The van der Waals surface area contributed by atoms with Crippen LogP contribution in [0, 0.1) is 11.8 Å². The van der Waals surface area contributed by atoms with Gasteiger partial charge in [-0.15, -0.1) is 0 Å². The van der Waals surface area contributed by atoms with E-state index in [-0.39, 0.29) is 12.1 Å². The molecule has 56 heavy (non-hydrogen) atoms. The number of carboxylic acids is 2. The van der Waals surface area contributed by atoms with Crippen LogP contribution in [0.4, 0.5) is 0 Å². The SMILES string of the molecule is COc1ccc2c(c1)CCN1C[C@H]3CCC[NH+](S(C)(=O)=O)[C@H]3C[C@@H]21.COc1ccc2c(c1)CCN1C[C@H]3CCC[NH+](S(C)(=O)=O)[C@H]3C[C@@H]21.O=C([O-])CCC(=O)[O-]. The van der Waals surface area contributed by atoms with Gasteiger partial charge in [0.2, 0.25) is 0 Å². The molecule has 0 amide bonds. The van der Waals surface area contributed by atoms with Crippen molar-refractivity contribution in [3.8, 4) is 11.5 Å². The lowest BCUT2D eigenvalue weighted by molar-refractivity contribution is -0.812. The van der Waals surface area contributed by atoms with Gasteiger partial charge in [0.25, 0.3) is 20.0 Å². The van der Waals surface area contributed by atoms with E-state index in [2.05, 4.69) is 34.1 Å². The highest BCUT2D eigenvalue weighted by Crippen LogP contribution is 2.42. The zero-order valence-electron chi connectivity index (χ0n) is 33.0. The number of methoxy groups -OCH3 is 2. The summed E-state index contributed by atoms with van der Waals surface area (Å²) < 4.78 is 61.4. The van der Waals surface area contributed by atoms with Crippen LogP contribution in [0.5, 0.6) is 11.5 Å². The Kier molecular flexibility index (Phi) is 13.4. The van der Waals surface area contributed by atoms with E-state index in [0.717, 1.165) is 97.9 Å². The van der Waals surface area contributed by atoms with Gasteiger partial charge in [-0.05, 0) is 97.9 Å². The first kappa shape index (κ1) is 42.3. The minimum absolute atomic E-state index is 0.239. The Hall–Kier alpha value is -3.28. The summed E-state index contributed by atoms with van der Waals surface area (Å²) in [7, 11) is -2.68. The average Bonchev–Trinajstić information content (AvgIpc) is 3.17. The number of rotatable bonds is 7. The molecule has 2 unspecified atom stereocenters. The van der Waals surface area contributed by atoms with Gasteiger partial charge < -0.3 is 29.3 Å². The van der Waals surface area contributed by atoms with Crippen LogP contribution < -0.4 is 28.3 Å². The predicted octanol–water partition coefficient (Wildman–Crippen LogP) is -1.49. The molecule has 6 aliphatic heterocycles. The highest BCUT2D eigenvalue weighted by molar-refractivity contribution is 7.84. The largest absolute Gasteiger partial charge is 0.550 e. The summed E-state index contributed by atoms with van der Waals surface area (Å²) in [6.45, 7) is 5.76. The van der Waals surface area contributed by atoms with Gasteiger partial charge in [-0.1, -0.05) is 12.1 Å². The summed E-state index contributed by atoms with van der Waals surface area (Å²) >= 11 is 0. The molecule has 8 atom stereocenters. The quantitative estimate of drug-likeness (QED) is 0.331. The fourth-order valence-corrected chi connectivity index (χ4v) is 13.1. The van der Waals surface area contributed by atoms with Crippen molar-refractivity contribution < 1.29 is 54.7 Å². The van der Waals surface area contributed by atoms with Gasteiger partial charge in [0.05, 0.1) is 39.8 Å². The maximum absolute atomic E-state index is 12.3. The number of sulfonamides is 2. The molecule has 0 aliphatic carbocycles. The Morgan fingerprint density at radius 1 is 0.696 bits per heavy atom. The first-order valence-electron chi connectivity index (χ1n) is 19.9. The third kappa shape index (κ3) is 9.70. The van der Waals surface area contributed by atoms with E-state index < -0.39 is 44.8 Å². The number of carbonyl (C=O) groups is 2.